The van der Waals surface area contributed by atoms with E-state index in [1.807, 2.05) is 0 Å². The van der Waals surface area contributed by atoms with Gasteiger partial charge < -0.3 is 11.5 Å². The zero-order valence-corrected chi connectivity index (χ0v) is 13.0. The zero-order valence-electron chi connectivity index (χ0n) is 11.4. The lowest BCUT2D eigenvalue weighted by molar-refractivity contribution is 0.483. The van der Waals surface area contributed by atoms with Crippen LogP contribution in [-0.4, -0.2) is 37.6 Å². The van der Waals surface area contributed by atoms with E-state index in [1.165, 1.54) is 30.6 Å². The maximum Gasteiger partial charge on any atom is 0.298 e. The maximum atomic E-state index is 10.9. The lowest BCUT2D eigenvalue weighted by Crippen LogP contribution is -2.02. The third-order valence-electron chi connectivity index (χ3n) is 2.28. The molecule has 11 heteroatoms. The summed E-state index contributed by atoms with van der Waals surface area (Å²) in [5.74, 6) is 0.317. The molecule has 5 N–H and O–H groups in total. The first-order chi connectivity index (χ1) is 10.0. The fraction of sp³-hybridized carbons (Fsp3) is 0.0909. The minimum atomic E-state index is -4.22. The van der Waals surface area contributed by atoms with Gasteiger partial charge in [0.25, 0.3) is 10.1 Å². The average molecular weight is 346 g/mol. The van der Waals surface area contributed by atoms with Gasteiger partial charge >= 0.3 is 0 Å². The Hall–Kier alpha value is -2.24. The van der Waals surface area contributed by atoms with Gasteiger partial charge in [-0.05, 0) is 18.2 Å². The van der Waals surface area contributed by atoms with Gasteiger partial charge in [0.05, 0.1) is 10.6 Å². The van der Waals surface area contributed by atoms with Crippen molar-refractivity contribution in [2.75, 3.05) is 17.7 Å². The molecule has 0 amide bonds. The standard InChI is InChI=1S/C6H8N2O2S.C5H6N2O3S/c1-11(9,10)5-2-3-6(7)8-4-5;6-4-1-2-7-3-5(4)11(8,9)10/h2-4H,1H3,(H2,7,8);1-3H,(H2,6,7)(H,8,9,10). The second-order valence-electron chi connectivity index (χ2n) is 4.08. The molecule has 0 aliphatic rings. The third kappa shape index (κ3) is 5.27. The summed E-state index contributed by atoms with van der Waals surface area (Å²) in [6, 6.07) is 4.18. The van der Waals surface area contributed by atoms with Crippen molar-refractivity contribution in [1.29, 1.82) is 0 Å². The number of aromatic nitrogens is 2. The molecule has 0 atom stereocenters. The van der Waals surface area contributed by atoms with Crippen molar-refractivity contribution in [2.45, 2.75) is 9.79 Å². The normalized spacial score (nSPS) is 11.4. The van der Waals surface area contributed by atoms with E-state index in [9.17, 15) is 16.8 Å². The van der Waals surface area contributed by atoms with Gasteiger partial charge in [-0.25, -0.2) is 13.4 Å². The van der Waals surface area contributed by atoms with E-state index < -0.39 is 20.0 Å². The highest BCUT2D eigenvalue weighted by Crippen LogP contribution is 2.14. The molecule has 0 fully saturated rings. The highest BCUT2D eigenvalue weighted by Gasteiger charge is 2.12. The van der Waals surface area contributed by atoms with Crippen LogP contribution in [0.5, 0.6) is 0 Å². The number of rotatable bonds is 2. The maximum absolute atomic E-state index is 10.9. The summed E-state index contributed by atoms with van der Waals surface area (Å²) in [7, 11) is -7.36. The van der Waals surface area contributed by atoms with Crippen LogP contribution in [0.1, 0.15) is 0 Å². The number of pyridine rings is 2. The second kappa shape index (κ2) is 6.68. The van der Waals surface area contributed by atoms with Crippen LogP contribution in [0.3, 0.4) is 0 Å². The second-order valence-corrected chi connectivity index (χ2v) is 7.49. The highest BCUT2D eigenvalue weighted by molar-refractivity contribution is 7.90. The van der Waals surface area contributed by atoms with Gasteiger partial charge in [-0.2, -0.15) is 8.42 Å². The van der Waals surface area contributed by atoms with Gasteiger partial charge in [-0.15, -0.1) is 0 Å². The van der Waals surface area contributed by atoms with E-state index in [0.717, 1.165) is 12.5 Å². The molecular formula is C11H14N4O5S2. The van der Waals surface area contributed by atoms with Crippen LogP contribution in [0.4, 0.5) is 11.5 Å². The topological polar surface area (TPSA) is 166 Å². The summed E-state index contributed by atoms with van der Waals surface area (Å²) < 4.78 is 51.2. The molecule has 0 aliphatic heterocycles. The molecule has 0 saturated carbocycles. The smallest absolute Gasteiger partial charge is 0.298 e. The molecule has 0 radical (unpaired) electrons. The molecule has 0 bridgehead atoms. The molecule has 0 saturated heterocycles. The first-order valence-electron chi connectivity index (χ1n) is 5.60. The fourth-order valence-corrected chi connectivity index (χ4v) is 2.34. The Bertz CT molecular complexity index is 848. The summed E-state index contributed by atoms with van der Waals surface area (Å²) >= 11 is 0. The minimum absolute atomic E-state index is 0.0116. The van der Waals surface area contributed by atoms with Crippen LogP contribution < -0.4 is 11.5 Å². The molecule has 120 valence electrons. The number of sulfone groups is 1. The molecule has 0 unspecified atom stereocenters. The summed E-state index contributed by atoms with van der Waals surface area (Å²) in [5.41, 5.74) is 10.5. The lowest BCUT2D eigenvalue weighted by atomic mass is 10.4. The van der Waals surface area contributed by atoms with Crippen LogP contribution in [0.2, 0.25) is 0 Å². The van der Waals surface area contributed by atoms with Gasteiger partial charge in [0, 0.05) is 24.8 Å². The predicted molar refractivity (Wildman–Crippen MR) is 80.2 cm³/mol. The number of nitrogens with two attached hydrogens (primary N) is 2. The molecule has 2 rings (SSSR count). The van der Waals surface area contributed by atoms with E-state index in [1.54, 1.807) is 0 Å². The largest absolute Gasteiger partial charge is 0.398 e. The first kappa shape index (κ1) is 17.8. The third-order valence-corrected chi connectivity index (χ3v) is 4.28. The van der Waals surface area contributed by atoms with Crippen LogP contribution in [0.15, 0.2) is 46.6 Å². The molecular weight excluding hydrogens is 332 g/mol. The minimum Gasteiger partial charge on any atom is -0.398 e. The molecule has 9 nitrogen and oxygen atoms in total. The van der Waals surface area contributed by atoms with Crippen LogP contribution in [0.25, 0.3) is 0 Å². The molecule has 2 aromatic heterocycles. The Balaban J connectivity index is 0.000000220. The van der Waals surface area contributed by atoms with Crippen molar-refractivity contribution in [3.63, 3.8) is 0 Å². The van der Waals surface area contributed by atoms with Gasteiger partial charge in [-0.3, -0.25) is 9.54 Å². The molecule has 2 aromatic rings. The van der Waals surface area contributed by atoms with Crippen LogP contribution >= 0.6 is 0 Å². The summed E-state index contributed by atoms with van der Waals surface area (Å²) in [5, 5.41) is 0. The van der Waals surface area contributed by atoms with Gasteiger partial charge in [0.1, 0.15) is 10.7 Å². The predicted octanol–water partition coefficient (Wildman–Crippen LogP) is -0.0222. The SMILES string of the molecule is CS(=O)(=O)c1ccc(N)nc1.Nc1ccncc1S(=O)(=O)O. The summed E-state index contributed by atoms with van der Waals surface area (Å²) in [6.45, 7) is 0. The highest BCUT2D eigenvalue weighted by atomic mass is 32.2. The van der Waals surface area contributed by atoms with E-state index in [0.29, 0.717) is 5.82 Å². The van der Waals surface area contributed by atoms with Gasteiger partial charge in [0.2, 0.25) is 0 Å². The quantitative estimate of drug-likeness (QED) is 0.633. The molecule has 0 aliphatic carbocycles. The number of hydrogen-bond donors (Lipinski definition) is 3. The van der Waals surface area contributed by atoms with Crippen molar-refractivity contribution in [3.8, 4) is 0 Å². The Kier molecular flexibility index (Phi) is 5.41. The van der Waals surface area contributed by atoms with Crippen molar-refractivity contribution < 1.29 is 21.4 Å². The molecule has 0 aromatic carbocycles. The van der Waals surface area contributed by atoms with Crippen LogP contribution in [0, 0.1) is 0 Å². The van der Waals surface area contributed by atoms with Gasteiger partial charge in [0.15, 0.2) is 9.84 Å². The van der Waals surface area contributed by atoms with E-state index in [2.05, 4.69) is 9.97 Å². The lowest BCUT2D eigenvalue weighted by Gasteiger charge is -1.98. The Morgan fingerprint density at radius 1 is 1.05 bits per heavy atom. The number of nitrogens with zero attached hydrogens (tertiary/aromatic N) is 2. The molecule has 22 heavy (non-hydrogen) atoms. The van der Waals surface area contributed by atoms with Crippen molar-refractivity contribution in [3.05, 3.63) is 36.8 Å². The molecule has 0 spiro atoms. The van der Waals surface area contributed by atoms with E-state index in [4.69, 9.17) is 16.0 Å². The zero-order chi connectivity index (χ0) is 17.0. The van der Waals surface area contributed by atoms with E-state index in [-0.39, 0.29) is 15.5 Å². The summed E-state index contributed by atoms with van der Waals surface area (Å²) in [6.07, 6.45) is 4.69. The average Bonchev–Trinajstić information content (AvgIpc) is 2.38. The Morgan fingerprint density at radius 2 is 1.68 bits per heavy atom. The van der Waals surface area contributed by atoms with E-state index >= 15 is 0 Å². The molecule has 2 heterocycles. The van der Waals surface area contributed by atoms with Gasteiger partial charge in [-0.1, -0.05) is 0 Å². The Morgan fingerprint density at radius 3 is 2.05 bits per heavy atom. The first-order valence-corrected chi connectivity index (χ1v) is 8.93. The van der Waals surface area contributed by atoms with Crippen LogP contribution in [-0.2, 0) is 20.0 Å². The Labute approximate surface area is 127 Å². The number of anilines is 2. The number of nitrogen functional groups attached to an aromatic ring is 2. The van der Waals surface area contributed by atoms with Crippen molar-refractivity contribution >= 4 is 31.5 Å². The van der Waals surface area contributed by atoms with Crippen molar-refractivity contribution in [2.24, 2.45) is 0 Å². The van der Waals surface area contributed by atoms with Crippen molar-refractivity contribution in [1.82, 2.24) is 9.97 Å². The number of hydrogen-bond acceptors (Lipinski definition) is 8. The monoisotopic (exact) mass is 346 g/mol. The fourth-order valence-electron chi connectivity index (χ4n) is 1.22. The summed E-state index contributed by atoms with van der Waals surface area (Å²) in [4.78, 5) is 6.96.